The lowest BCUT2D eigenvalue weighted by Gasteiger charge is -2.11. The van der Waals surface area contributed by atoms with Crippen LogP contribution in [0.15, 0.2) is 53.5 Å². The second kappa shape index (κ2) is 6.36. The van der Waals surface area contributed by atoms with Gasteiger partial charge >= 0.3 is 0 Å². The topological polar surface area (TPSA) is 41.5 Å². The van der Waals surface area contributed by atoms with Crippen LogP contribution in [-0.4, -0.2) is 11.6 Å². The lowest BCUT2D eigenvalue weighted by molar-refractivity contribution is -0.106. The number of nitrogens with zero attached hydrogens (tertiary/aromatic N) is 1. The van der Waals surface area contributed by atoms with Crippen LogP contribution in [-0.2, 0) is 4.79 Å². The highest BCUT2D eigenvalue weighted by Gasteiger charge is 2.08. The molecule has 0 aliphatic heterocycles. The van der Waals surface area contributed by atoms with Crippen LogP contribution in [0.4, 0.5) is 11.4 Å². The highest BCUT2D eigenvalue weighted by atomic mass is 35.5. The van der Waals surface area contributed by atoms with Gasteiger partial charge in [0.05, 0.1) is 5.69 Å². The van der Waals surface area contributed by atoms with E-state index in [4.69, 9.17) is 23.2 Å². The number of halogens is 2. The molecule has 0 saturated heterocycles. The van der Waals surface area contributed by atoms with Gasteiger partial charge in [-0.2, -0.15) is 0 Å². The minimum Gasteiger partial charge on any atom is -0.355 e. The summed E-state index contributed by atoms with van der Waals surface area (Å²) in [5.41, 5.74) is 2.19. The first-order valence-corrected chi connectivity index (χ1v) is 6.25. The summed E-state index contributed by atoms with van der Waals surface area (Å²) in [5.74, 6) is 0. The largest absolute Gasteiger partial charge is 0.355 e. The van der Waals surface area contributed by atoms with Gasteiger partial charge in [0.1, 0.15) is 5.17 Å². The van der Waals surface area contributed by atoms with E-state index in [1.807, 2.05) is 30.3 Å². The first-order chi connectivity index (χ1) is 9.20. The van der Waals surface area contributed by atoms with Gasteiger partial charge in [0.15, 0.2) is 0 Å². The van der Waals surface area contributed by atoms with Crippen LogP contribution in [0.5, 0.6) is 0 Å². The van der Waals surface area contributed by atoms with Crippen LogP contribution in [0, 0.1) is 0 Å². The van der Waals surface area contributed by atoms with E-state index in [9.17, 15) is 4.79 Å². The van der Waals surface area contributed by atoms with Crippen molar-refractivity contribution in [1.82, 2.24) is 0 Å². The zero-order chi connectivity index (χ0) is 13.7. The summed E-state index contributed by atoms with van der Waals surface area (Å²) < 4.78 is 0. The molecular weight excluding hydrogens is 283 g/mol. The third kappa shape index (κ3) is 3.56. The minimum atomic E-state index is 0.116. The lowest BCUT2D eigenvalue weighted by atomic mass is 10.2. The van der Waals surface area contributed by atoms with Crippen LogP contribution in [0.25, 0.3) is 0 Å². The molecule has 1 amide bonds. The van der Waals surface area contributed by atoms with Gasteiger partial charge in [0, 0.05) is 16.3 Å². The first kappa shape index (κ1) is 13.6. The van der Waals surface area contributed by atoms with E-state index >= 15 is 0 Å². The molecule has 0 fully saturated rings. The van der Waals surface area contributed by atoms with Crippen LogP contribution >= 0.6 is 23.2 Å². The van der Waals surface area contributed by atoms with Crippen molar-refractivity contribution in [1.29, 1.82) is 0 Å². The van der Waals surface area contributed by atoms with Crippen molar-refractivity contribution in [3.63, 3.8) is 0 Å². The molecule has 5 heteroatoms. The highest BCUT2D eigenvalue weighted by molar-refractivity contribution is 6.70. The summed E-state index contributed by atoms with van der Waals surface area (Å²) in [6.07, 6.45) is 0.406. The maximum Gasteiger partial charge on any atom is 0.234 e. The van der Waals surface area contributed by atoms with Gasteiger partial charge < -0.3 is 5.32 Å². The van der Waals surface area contributed by atoms with Gasteiger partial charge in [0.2, 0.25) is 6.41 Å². The molecule has 0 aromatic heterocycles. The Bertz CT molecular complexity index is 612. The molecule has 1 N–H and O–H groups in total. The first-order valence-electron chi connectivity index (χ1n) is 5.49. The second-order valence-electron chi connectivity index (χ2n) is 3.71. The summed E-state index contributed by atoms with van der Waals surface area (Å²) in [6.45, 7) is 0. The van der Waals surface area contributed by atoms with E-state index in [-0.39, 0.29) is 5.17 Å². The number of para-hydroxylation sites is 1. The van der Waals surface area contributed by atoms with Crippen molar-refractivity contribution in [3.8, 4) is 0 Å². The smallest absolute Gasteiger partial charge is 0.234 e. The van der Waals surface area contributed by atoms with E-state index in [0.717, 1.165) is 5.69 Å². The van der Waals surface area contributed by atoms with Crippen molar-refractivity contribution in [2.75, 3.05) is 5.32 Å². The van der Waals surface area contributed by atoms with Crippen molar-refractivity contribution < 1.29 is 4.79 Å². The fraction of sp³-hybridized carbons (Fsp3) is 0. The van der Waals surface area contributed by atoms with Gasteiger partial charge in [-0.05, 0) is 30.3 Å². The zero-order valence-corrected chi connectivity index (χ0v) is 11.3. The highest BCUT2D eigenvalue weighted by Crippen LogP contribution is 2.26. The quantitative estimate of drug-likeness (QED) is 0.677. The molecule has 19 heavy (non-hydrogen) atoms. The van der Waals surface area contributed by atoms with E-state index in [2.05, 4.69) is 10.3 Å². The maximum absolute atomic E-state index is 10.4. The third-order valence-corrected chi connectivity index (χ3v) is 2.96. The SMILES string of the molecule is O=CN=C(Cl)c1ccc(Cl)cc1Nc1ccccc1. The fourth-order valence-electron chi connectivity index (χ4n) is 1.59. The Morgan fingerprint density at radius 1 is 1.16 bits per heavy atom. The number of benzene rings is 2. The normalized spacial score (nSPS) is 11.2. The number of carbonyl (C=O) groups is 1. The Morgan fingerprint density at radius 2 is 1.89 bits per heavy atom. The van der Waals surface area contributed by atoms with Gasteiger partial charge in [-0.3, -0.25) is 4.79 Å². The monoisotopic (exact) mass is 292 g/mol. The zero-order valence-electron chi connectivity index (χ0n) is 9.81. The molecule has 2 aromatic carbocycles. The number of aliphatic imine (C=N–C) groups is 1. The predicted molar refractivity (Wildman–Crippen MR) is 79.6 cm³/mol. The van der Waals surface area contributed by atoms with Gasteiger partial charge in [-0.15, -0.1) is 0 Å². The molecule has 0 aliphatic rings. The number of rotatable bonds is 4. The van der Waals surface area contributed by atoms with E-state index < -0.39 is 0 Å². The van der Waals surface area contributed by atoms with Crippen molar-refractivity contribution >= 4 is 46.2 Å². The number of nitrogens with one attached hydrogen (secondary N) is 1. The summed E-state index contributed by atoms with van der Waals surface area (Å²) in [6, 6.07) is 14.7. The second-order valence-corrected chi connectivity index (χ2v) is 4.50. The van der Waals surface area contributed by atoms with Crippen LogP contribution < -0.4 is 5.32 Å². The van der Waals surface area contributed by atoms with E-state index in [1.54, 1.807) is 18.2 Å². The number of amides is 1. The molecule has 96 valence electrons. The Hall–Kier alpha value is -1.84. The summed E-state index contributed by atoms with van der Waals surface area (Å²) in [4.78, 5) is 14.0. The molecule has 0 spiro atoms. The summed E-state index contributed by atoms with van der Waals surface area (Å²) >= 11 is 11.9. The fourth-order valence-corrected chi connectivity index (χ4v) is 1.97. The molecule has 0 radical (unpaired) electrons. The number of carbonyl (C=O) groups excluding carboxylic acids is 1. The molecule has 0 saturated carbocycles. The summed E-state index contributed by atoms with van der Waals surface area (Å²) in [7, 11) is 0. The van der Waals surface area contributed by atoms with Gasteiger partial charge in [-0.25, -0.2) is 4.99 Å². The Morgan fingerprint density at radius 3 is 2.58 bits per heavy atom. The molecule has 0 atom stereocenters. The number of hydrogen-bond donors (Lipinski definition) is 1. The van der Waals surface area contributed by atoms with Crippen molar-refractivity contribution in [2.45, 2.75) is 0 Å². The van der Waals surface area contributed by atoms with Gasteiger partial charge in [-0.1, -0.05) is 41.4 Å². The minimum absolute atomic E-state index is 0.116. The van der Waals surface area contributed by atoms with E-state index in [1.165, 1.54) is 0 Å². The Balaban J connectivity index is 2.41. The van der Waals surface area contributed by atoms with Crippen LogP contribution in [0.2, 0.25) is 5.02 Å². The number of anilines is 2. The molecule has 2 rings (SSSR count). The molecular formula is C14H10Cl2N2O. The third-order valence-electron chi connectivity index (χ3n) is 2.42. The molecule has 0 bridgehead atoms. The molecule has 3 nitrogen and oxygen atoms in total. The Labute approximate surface area is 120 Å². The van der Waals surface area contributed by atoms with Crippen molar-refractivity contribution in [2.24, 2.45) is 4.99 Å². The standard InChI is InChI=1S/C14H10Cl2N2O/c15-10-6-7-12(14(16)17-9-19)13(8-10)18-11-4-2-1-3-5-11/h1-9,18H. The average Bonchev–Trinajstić information content (AvgIpc) is 2.40. The molecule has 0 heterocycles. The summed E-state index contributed by atoms with van der Waals surface area (Å²) in [5, 5.41) is 3.87. The van der Waals surface area contributed by atoms with E-state index in [0.29, 0.717) is 22.7 Å². The average molecular weight is 293 g/mol. The maximum atomic E-state index is 10.4. The van der Waals surface area contributed by atoms with Gasteiger partial charge in [0.25, 0.3) is 0 Å². The molecule has 2 aromatic rings. The lowest BCUT2D eigenvalue weighted by Crippen LogP contribution is -2.00. The van der Waals surface area contributed by atoms with Crippen molar-refractivity contribution in [3.05, 3.63) is 59.1 Å². The predicted octanol–water partition coefficient (Wildman–Crippen LogP) is 4.23. The Kier molecular flexibility index (Phi) is 4.55. The van der Waals surface area contributed by atoms with Crippen LogP contribution in [0.1, 0.15) is 5.56 Å². The molecule has 0 aliphatic carbocycles. The molecule has 0 unspecified atom stereocenters. The number of hydrogen-bond acceptors (Lipinski definition) is 2. The van der Waals surface area contributed by atoms with Crippen LogP contribution in [0.3, 0.4) is 0 Å².